The number of ether oxygens (including phenoxy) is 1. The highest BCUT2D eigenvalue weighted by Crippen LogP contribution is 2.39. The first kappa shape index (κ1) is 19.3. The molecule has 2 aromatic heterocycles. The molecule has 1 aliphatic carbocycles. The average Bonchev–Trinajstić information content (AvgIpc) is 3.45. The number of nitriles is 1. The SMILES string of the molecule is N#CC1(n2cc([C@@H](CC(=O)c3ccsc3)C3CCCCC3)nn2)CCOCC1. The molecular formula is C21H26N4O2S. The Morgan fingerprint density at radius 1 is 1.36 bits per heavy atom. The van der Waals surface area contributed by atoms with Crippen LogP contribution in [0.3, 0.4) is 0 Å². The van der Waals surface area contributed by atoms with Crippen molar-refractivity contribution in [1.82, 2.24) is 15.0 Å². The van der Waals surface area contributed by atoms with Gasteiger partial charge in [-0.25, -0.2) is 4.68 Å². The van der Waals surface area contributed by atoms with E-state index in [-0.39, 0.29) is 11.7 Å². The smallest absolute Gasteiger partial charge is 0.164 e. The summed E-state index contributed by atoms with van der Waals surface area (Å²) in [5.41, 5.74) is 0.963. The predicted molar refractivity (Wildman–Crippen MR) is 106 cm³/mol. The van der Waals surface area contributed by atoms with E-state index >= 15 is 0 Å². The Bertz CT molecular complexity index is 827. The van der Waals surface area contributed by atoms with Gasteiger partial charge in [0.15, 0.2) is 11.3 Å². The van der Waals surface area contributed by atoms with Crippen LogP contribution in [-0.2, 0) is 10.3 Å². The molecule has 148 valence electrons. The maximum absolute atomic E-state index is 12.8. The zero-order chi connectivity index (χ0) is 19.4. The number of rotatable bonds is 6. The summed E-state index contributed by atoms with van der Waals surface area (Å²) in [5, 5.41) is 22.5. The van der Waals surface area contributed by atoms with Crippen molar-refractivity contribution in [1.29, 1.82) is 5.26 Å². The molecule has 1 saturated heterocycles. The second kappa shape index (κ2) is 8.54. The lowest BCUT2D eigenvalue weighted by Gasteiger charge is -2.30. The molecule has 0 radical (unpaired) electrons. The zero-order valence-electron chi connectivity index (χ0n) is 16.0. The standard InChI is InChI=1S/C21H26N4O2S/c22-15-21(7-9-27-10-8-21)25-13-19(23-24-25)18(16-4-2-1-3-5-16)12-20(26)17-6-11-28-14-17/h6,11,13-14,16,18H,1-5,7-10,12H2/t18-/m0/s1. The van der Waals surface area contributed by atoms with Gasteiger partial charge >= 0.3 is 0 Å². The summed E-state index contributed by atoms with van der Waals surface area (Å²) in [5.74, 6) is 0.693. The average molecular weight is 399 g/mol. The maximum Gasteiger partial charge on any atom is 0.164 e. The van der Waals surface area contributed by atoms with Crippen LogP contribution in [0.5, 0.6) is 0 Å². The lowest BCUT2D eigenvalue weighted by atomic mass is 9.76. The second-order valence-corrected chi connectivity index (χ2v) is 8.77. The molecule has 1 atom stereocenters. The summed E-state index contributed by atoms with van der Waals surface area (Å²) >= 11 is 1.55. The summed E-state index contributed by atoms with van der Waals surface area (Å²) in [6, 6.07) is 4.34. The third-order valence-corrected chi connectivity index (χ3v) is 7.01. The van der Waals surface area contributed by atoms with Gasteiger partial charge < -0.3 is 4.74 Å². The fraction of sp³-hybridized carbons (Fsp3) is 0.619. The van der Waals surface area contributed by atoms with Crippen LogP contribution in [0.2, 0.25) is 0 Å². The molecule has 4 rings (SSSR count). The van der Waals surface area contributed by atoms with E-state index in [1.807, 2.05) is 23.0 Å². The van der Waals surface area contributed by atoms with Gasteiger partial charge in [-0.05, 0) is 30.2 Å². The molecule has 6 nitrogen and oxygen atoms in total. The van der Waals surface area contributed by atoms with E-state index in [9.17, 15) is 10.1 Å². The fourth-order valence-corrected chi connectivity index (χ4v) is 5.21. The number of nitrogens with zero attached hydrogens (tertiary/aromatic N) is 4. The third kappa shape index (κ3) is 3.89. The minimum atomic E-state index is -0.683. The van der Waals surface area contributed by atoms with E-state index in [0.29, 0.717) is 38.4 Å². The van der Waals surface area contributed by atoms with Crippen molar-refractivity contribution in [2.24, 2.45) is 5.92 Å². The number of ketones is 1. The van der Waals surface area contributed by atoms with Crippen LogP contribution in [-0.4, -0.2) is 34.0 Å². The van der Waals surface area contributed by atoms with Gasteiger partial charge in [-0.3, -0.25) is 4.79 Å². The molecule has 2 aromatic rings. The van der Waals surface area contributed by atoms with Gasteiger partial charge in [0.05, 0.1) is 18.0 Å². The van der Waals surface area contributed by atoms with Crippen molar-refractivity contribution >= 4 is 17.1 Å². The van der Waals surface area contributed by atoms with Crippen molar-refractivity contribution in [3.8, 4) is 6.07 Å². The molecule has 0 aromatic carbocycles. The van der Waals surface area contributed by atoms with Gasteiger partial charge in [0.2, 0.25) is 0 Å². The zero-order valence-corrected chi connectivity index (χ0v) is 16.9. The Kier molecular flexibility index (Phi) is 5.88. The number of carbonyl (C=O) groups excluding carboxylic acids is 1. The molecule has 0 amide bonds. The van der Waals surface area contributed by atoms with Crippen LogP contribution in [0.25, 0.3) is 0 Å². The molecule has 2 fully saturated rings. The molecule has 0 spiro atoms. The first-order valence-electron chi connectivity index (χ1n) is 10.2. The molecule has 7 heteroatoms. The number of aromatic nitrogens is 3. The minimum Gasteiger partial charge on any atom is -0.381 e. The minimum absolute atomic E-state index is 0.0667. The van der Waals surface area contributed by atoms with Crippen molar-refractivity contribution in [2.45, 2.75) is 62.8 Å². The molecule has 0 bridgehead atoms. The summed E-state index contributed by atoms with van der Waals surface area (Å²) in [7, 11) is 0. The normalized spacial score (nSPS) is 21.1. The third-order valence-electron chi connectivity index (χ3n) is 6.32. The van der Waals surface area contributed by atoms with Gasteiger partial charge in [0.25, 0.3) is 0 Å². The fourth-order valence-electron chi connectivity index (χ4n) is 4.55. The predicted octanol–water partition coefficient (Wildman–Crippen LogP) is 4.31. The van der Waals surface area contributed by atoms with Crippen LogP contribution < -0.4 is 0 Å². The largest absolute Gasteiger partial charge is 0.381 e. The van der Waals surface area contributed by atoms with Gasteiger partial charge in [-0.1, -0.05) is 24.5 Å². The first-order chi connectivity index (χ1) is 13.7. The lowest BCUT2D eigenvalue weighted by Crippen LogP contribution is -2.38. The summed E-state index contributed by atoms with van der Waals surface area (Å²) < 4.78 is 7.17. The Balaban J connectivity index is 1.60. The summed E-state index contributed by atoms with van der Waals surface area (Å²) in [4.78, 5) is 12.8. The second-order valence-electron chi connectivity index (χ2n) is 7.99. The Morgan fingerprint density at radius 3 is 2.82 bits per heavy atom. The summed E-state index contributed by atoms with van der Waals surface area (Å²) in [6.07, 6.45) is 9.58. The number of carbonyl (C=O) groups is 1. The van der Waals surface area contributed by atoms with Crippen LogP contribution in [0.4, 0.5) is 0 Å². The van der Waals surface area contributed by atoms with Gasteiger partial charge in [-0.15, -0.1) is 5.10 Å². The van der Waals surface area contributed by atoms with E-state index in [4.69, 9.17) is 4.74 Å². The van der Waals surface area contributed by atoms with Gasteiger partial charge in [0, 0.05) is 49.3 Å². The quantitative estimate of drug-likeness (QED) is 0.678. The molecule has 0 N–H and O–H groups in total. The molecule has 0 unspecified atom stereocenters. The molecular weight excluding hydrogens is 372 g/mol. The lowest BCUT2D eigenvalue weighted by molar-refractivity contribution is 0.0395. The molecule has 1 aliphatic heterocycles. The van der Waals surface area contributed by atoms with E-state index in [2.05, 4.69) is 16.4 Å². The number of Topliss-reactive ketones (excluding diaryl/α,β-unsaturated/α-hetero) is 1. The van der Waals surface area contributed by atoms with E-state index < -0.39 is 5.54 Å². The van der Waals surface area contributed by atoms with E-state index in [1.165, 1.54) is 19.3 Å². The van der Waals surface area contributed by atoms with Crippen molar-refractivity contribution < 1.29 is 9.53 Å². The molecule has 28 heavy (non-hydrogen) atoms. The van der Waals surface area contributed by atoms with Crippen molar-refractivity contribution in [3.63, 3.8) is 0 Å². The Labute approximate surface area is 169 Å². The van der Waals surface area contributed by atoms with Crippen LogP contribution >= 0.6 is 11.3 Å². The van der Waals surface area contributed by atoms with Gasteiger partial charge in [0.1, 0.15) is 0 Å². The van der Waals surface area contributed by atoms with E-state index in [0.717, 1.165) is 24.1 Å². The monoisotopic (exact) mass is 398 g/mol. The van der Waals surface area contributed by atoms with Crippen LogP contribution in [0.1, 0.15) is 73.3 Å². The van der Waals surface area contributed by atoms with Gasteiger partial charge in [-0.2, -0.15) is 16.6 Å². The molecule has 3 heterocycles. The highest BCUT2D eigenvalue weighted by Gasteiger charge is 2.37. The Morgan fingerprint density at radius 2 is 2.14 bits per heavy atom. The van der Waals surface area contributed by atoms with Crippen LogP contribution in [0, 0.1) is 17.2 Å². The molecule has 1 saturated carbocycles. The maximum atomic E-state index is 12.8. The van der Waals surface area contributed by atoms with E-state index in [1.54, 1.807) is 16.0 Å². The highest BCUT2D eigenvalue weighted by molar-refractivity contribution is 7.08. The number of hydrogen-bond acceptors (Lipinski definition) is 6. The number of hydrogen-bond donors (Lipinski definition) is 0. The number of thiophene rings is 1. The van der Waals surface area contributed by atoms with Crippen molar-refractivity contribution in [3.05, 3.63) is 34.3 Å². The van der Waals surface area contributed by atoms with Crippen LogP contribution in [0.15, 0.2) is 23.0 Å². The highest BCUT2D eigenvalue weighted by atomic mass is 32.1. The Hall–Kier alpha value is -2.04. The van der Waals surface area contributed by atoms with Crippen molar-refractivity contribution in [2.75, 3.05) is 13.2 Å². The topological polar surface area (TPSA) is 80.8 Å². The molecule has 2 aliphatic rings. The summed E-state index contributed by atoms with van der Waals surface area (Å²) in [6.45, 7) is 1.12. The first-order valence-corrected chi connectivity index (χ1v) is 11.1.